The van der Waals surface area contributed by atoms with Gasteiger partial charge in [0.2, 0.25) is 0 Å². The van der Waals surface area contributed by atoms with E-state index >= 15 is 0 Å². The van der Waals surface area contributed by atoms with Gasteiger partial charge in [0, 0.05) is 17.1 Å². The van der Waals surface area contributed by atoms with Crippen molar-refractivity contribution in [2.45, 2.75) is 6.10 Å². The number of carboxylic acid groups (broad SMARTS) is 1. The second-order valence-corrected chi connectivity index (χ2v) is 4.95. The number of hydrogen-bond donors (Lipinski definition) is 1. The van der Waals surface area contributed by atoms with Crippen molar-refractivity contribution in [3.8, 4) is 0 Å². The van der Waals surface area contributed by atoms with Crippen LogP contribution in [0, 0.1) is 10.1 Å². The molecule has 1 N–H and O–H groups in total. The van der Waals surface area contributed by atoms with Crippen LogP contribution in [0.15, 0.2) is 22.7 Å². The fourth-order valence-electron chi connectivity index (χ4n) is 1.93. The number of nitro benzene ring substituents is 1. The van der Waals surface area contributed by atoms with E-state index in [1.165, 1.54) is 6.07 Å². The number of hydrogen-bond acceptors (Lipinski definition) is 5. The van der Waals surface area contributed by atoms with Gasteiger partial charge in [0.25, 0.3) is 5.69 Å². The molecular weight excluding hydrogens is 320 g/mol. The van der Waals surface area contributed by atoms with Crippen LogP contribution in [0.3, 0.4) is 0 Å². The molecule has 0 spiro atoms. The molecule has 1 fully saturated rings. The minimum absolute atomic E-state index is 0.0552. The molecule has 1 aliphatic heterocycles. The fraction of sp³-hybridized carbons (Fsp3) is 0.364. The van der Waals surface area contributed by atoms with Crippen LogP contribution >= 0.6 is 15.9 Å². The lowest BCUT2D eigenvalue weighted by atomic mass is 10.2. The van der Waals surface area contributed by atoms with Gasteiger partial charge in [-0.15, -0.1) is 0 Å². The zero-order valence-electron chi connectivity index (χ0n) is 9.78. The molecule has 1 aromatic rings. The number of rotatable bonds is 3. The van der Waals surface area contributed by atoms with E-state index in [2.05, 4.69) is 15.9 Å². The third kappa shape index (κ3) is 3.02. The lowest BCUT2D eigenvalue weighted by molar-refractivity contribution is -0.384. The Labute approximate surface area is 117 Å². The Balaban J connectivity index is 2.30. The smallest absolute Gasteiger partial charge is 0.334 e. The van der Waals surface area contributed by atoms with Gasteiger partial charge in [-0.05, 0) is 12.1 Å². The summed E-state index contributed by atoms with van der Waals surface area (Å²) in [6.07, 6.45) is -0.961. The largest absolute Gasteiger partial charge is 0.479 e. The van der Waals surface area contributed by atoms with Gasteiger partial charge in [-0.2, -0.15) is 0 Å². The highest BCUT2D eigenvalue weighted by atomic mass is 79.9. The molecular formula is C11H11BrN2O5. The van der Waals surface area contributed by atoms with E-state index in [4.69, 9.17) is 9.84 Å². The molecule has 0 aromatic heterocycles. The van der Waals surface area contributed by atoms with Crippen molar-refractivity contribution < 1.29 is 19.6 Å². The van der Waals surface area contributed by atoms with Crippen molar-refractivity contribution >= 4 is 33.3 Å². The summed E-state index contributed by atoms with van der Waals surface area (Å²) in [4.78, 5) is 23.1. The lowest BCUT2D eigenvalue weighted by Crippen LogP contribution is -2.46. The van der Waals surface area contributed by atoms with E-state index in [1.807, 2.05) is 0 Å². The van der Waals surface area contributed by atoms with Gasteiger partial charge in [0.05, 0.1) is 18.1 Å². The summed E-state index contributed by atoms with van der Waals surface area (Å²) in [5, 5.41) is 20.0. The number of nitro groups is 1. The number of benzene rings is 1. The van der Waals surface area contributed by atoms with Gasteiger partial charge in [-0.3, -0.25) is 10.1 Å². The zero-order valence-corrected chi connectivity index (χ0v) is 11.4. The summed E-state index contributed by atoms with van der Waals surface area (Å²) in [5.74, 6) is -1.07. The van der Waals surface area contributed by atoms with Crippen molar-refractivity contribution in [2.75, 3.05) is 24.6 Å². The number of anilines is 1. The SMILES string of the molecule is O=C(O)C1CN(c2ccc(Br)cc2[N+](=O)[O-])CCO1. The van der Waals surface area contributed by atoms with Crippen molar-refractivity contribution in [3.63, 3.8) is 0 Å². The number of ether oxygens (including phenoxy) is 1. The second kappa shape index (κ2) is 5.54. The van der Waals surface area contributed by atoms with Crippen LogP contribution < -0.4 is 4.90 Å². The van der Waals surface area contributed by atoms with Gasteiger partial charge < -0.3 is 14.7 Å². The molecule has 0 aliphatic carbocycles. The molecule has 2 rings (SSSR count). The first-order chi connectivity index (χ1) is 8.99. The fourth-order valence-corrected chi connectivity index (χ4v) is 2.28. The molecule has 0 amide bonds. The van der Waals surface area contributed by atoms with Crippen LogP contribution in [-0.2, 0) is 9.53 Å². The maximum absolute atomic E-state index is 11.0. The number of nitrogens with zero attached hydrogens (tertiary/aromatic N) is 2. The van der Waals surface area contributed by atoms with Crippen LogP contribution in [0.2, 0.25) is 0 Å². The number of morpholine rings is 1. The van der Waals surface area contributed by atoms with Crippen LogP contribution in [-0.4, -0.2) is 41.8 Å². The number of aliphatic carboxylic acids is 1. The highest BCUT2D eigenvalue weighted by Gasteiger charge is 2.29. The van der Waals surface area contributed by atoms with Crippen molar-refractivity contribution in [3.05, 3.63) is 32.8 Å². The van der Waals surface area contributed by atoms with Crippen LogP contribution in [0.4, 0.5) is 11.4 Å². The molecule has 1 heterocycles. The van der Waals surface area contributed by atoms with Gasteiger partial charge in [0.15, 0.2) is 6.10 Å². The third-order valence-electron chi connectivity index (χ3n) is 2.82. The Morgan fingerprint density at radius 2 is 2.32 bits per heavy atom. The Morgan fingerprint density at radius 1 is 1.58 bits per heavy atom. The van der Waals surface area contributed by atoms with Gasteiger partial charge in [0.1, 0.15) is 5.69 Å². The summed E-state index contributed by atoms with van der Waals surface area (Å²) >= 11 is 3.18. The van der Waals surface area contributed by atoms with Crippen LogP contribution in [0.5, 0.6) is 0 Å². The minimum Gasteiger partial charge on any atom is -0.479 e. The molecule has 19 heavy (non-hydrogen) atoms. The predicted molar refractivity (Wildman–Crippen MR) is 70.4 cm³/mol. The first-order valence-electron chi connectivity index (χ1n) is 5.52. The van der Waals surface area contributed by atoms with Crippen molar-refractivity contribution in [1.82, 2.24) is 0 Å². The molecule has 0 radical (unpaired) electrons. The Kier molecular flexibility index (Phi) is 4.01. The van der Waals surface area contributed by atoms with E-state index in [1.54, 1.807) is 17.0 Å². The van der Waals surface area contributed by atoms with E-state index in [0.29, 0.717) is 16.7 Å². The van der Waals surface area contributed by atoms with E-state index in [0.717, 1.165) is 0 Å². The molecule has 1 atom stereocenters. The molecule has 8 heteroatoms. The number of halogens is 1. The average molecular weight is 331 g/mol. The maximum atomic E-state index is 11.0. The summed E-state index contributed by atoms with van der Waals surface area (Å²) < 4.78 is 5.70. The Bertz CT molecular complexity index is 522. The van der Waals surface area contributed by atoms with Crippen molar-refractivity contribution in [2.24, 2.45) is 0 Å². The van der Waals surface area contributed by atoms with Crippen molar-refractivity contribution in [1.29, 1.82) is 0 Å². The molecule has 1 unspecified atom stereocenters. The second-order valence-electron chi connectivity index (χ2n) is 4.03. The van der Waals surface area contributed by atoms with Gasteiger partial charge >= 0.3 is 5.97 Å². The first kappa shape index (κ1) is 13.8. The topological polar surface area (TPSA) is 92.9 Å². The van der Waals surface area contributed by atoms with Gasteiger partial charge in [-0.1, -0.05) is 15.9 Å². The molecule has 102 valence electrons. The highest BCUT2D eigenvalue weighted by molar-refractivity contribution is 9.10. The quantitative estimate of drug-likeness (QED) is 0.669. The molecule has 1 aromatic carbocycles. The summed E-state index contributed by atoms with van der Waals surface area (Å²) in [7, 11) is 0. The average Bonchev–Trinajstić information content (AvgIpc) is 2.38. The Hall–Kier alpha value is -1.67. The van der Waals surface area contributed by atoms with Crippen LogP contribution in [0.1, 0.15) is 0 Å². The molecule has 1 aliphatic rings. The van der Waals surface area contributed by atoms with E-state index < -0.39 is 17.0 Å². The monoisotopic (exact) mass is 330 g/mol. The molecule has 0 saturated carbocycles. The predicted octanol–water partition coefficient (Wildman–Crippen LogP) is 1.65. The number of carboxylic acids is 1. The summed E-state index contributed by atoms with van der Waals surface area (Å²) in [6, 6.07) is 4.70. The zero-order chi connectivity index (χ0) is 14.0. The number of carbonyl (C=O) groups is 1. The highest BCUT2D eigenvalue weighted by Crippen LogP contribution is 2.32. The van der Waals surface area contributed by atoms with Gasteiger partial charge in [-0.25, -0.2) is 4.79 Å². The minimum atomic E-state index is -1.07. The standard InChI is InChI=1S/C11H11BrN2O5/c12-7-1-2-8(9(5-7)14(17)18)13-3-4-19-10(6-13)11(15)16/h1-2,5,10H,3-4,6H2,(H,15,16). The summed E-state index contributed by atoms with van der Waals surface area (Å²) in [5.41, 5.74) is 0.350. The Morgan fingerprint density at radius 3 is 2.95 bits per heavy atom. The molecule has 7 nitrogen and oxygen atoms in total. The normalized spacial score (nSPS) is 19.2. The van der Waals surface area contributed by atoms with E-state index in [9.17, 15) is 14.9 Å². The summed E-state index contributed by atoms with van der Waals surface area (Å²) in [6.45, 7) is 0.744. The van der Waals surface area contributed by atoms with E-state index in [-0.39, 0.29) is 18.8 Å². The molecule has 1 saturated heterocycles. The lowest BCUT2D eigenvalue weighted by Gasteiger charge is -2.32. The first-order valence-corrected chi connectivity index (χ1v) is 6.31. The maximum Gasteiger partial charge on any atom is 0.334 e. The van der Waals surface area contributed by atoms with Crippen LogP contribution in [0.25, 0.3) is 0 Å². The third-order valence-corrected chi connectivity index (χ3v) is 3.31. The molecule has 0 bridgehead atoms.